The fourth-order valence-corrected chi connectivity index (χ4v) is 9.64. The van der Waals surface area contributed by atoms with Gasteiger partial charge in [-0.05, 0) is 83.6 Å². The predicted molar refractivity (Wildman–Crippen MR) is 225 cm³/mol. The van der Waals surface area contributed by atoms with Gasteiger partial charge in [-0.25, -0.2) is 15.0 Å². The maximum absolute atomic E-state index is 5.43. The van der Waals surface area contributed by atoms with Gasteiger partial charge < -0.3 is 0 Å². The zero-order chi connectivity index (χ0) is 36.1. The monoisotopic (exact) mass is 697 g/mol. The molecule has 55 heavy (non-hydrogen) atoms. The molecule has 10 aromatic rings. The van der Waals surface area contributed by atoms with Crippen molar-refractivity contribution in [2.24, 2.45) is 0 Å². The average Bonchev–Trinajstić information content (AvgIpc) is 3.73. The molecule has 1 spiro atoms. The fraction of sp³-hybridized carbons (Fsp3) is 0.0192. The van der Waals surface area contributed by atoms with Crippen LogP contribution in [0.2, 0.25) is 0 Å². The van der Waals surface area contributed by atoms with Gasteiger partial charge in [0.25, 0.3) is 0 Å². The second-order valence-electron chi connectivity index (χ2n) is 14.7. The molecular formula is C52H31N3. The van der Waals surface area contributed by atoms with Gasteiger partial charge in [0, 0.05) is 22.1 Å². The van der Waals surface area contributed by atoms with E-state index in [4.69, 9.17) is 15.0 Å². The minimum Gasteiger partial charge on any atom is -0.208 e. The first kappa shape index (κ1) is 30.3. The molecule has 0 fully saturated rings. The second-order valence-corrected chi connectivity index (χ2v) is 14.7. The van der Waals surface area contributed by atoms with Crippen molar-refractivity contribution in [3.05, 3.63) is 210 Å². The van der Waals surface area contributed by atoms with Crippen LogP contribution >= 0.6 is 0 Å². The number of hydrogen-bond donors (Lipinski definition) is 0. The van der Waals surface area contributed by atoms with E-state index in [1.165, 1.54) is 55.3 Å². The molecule has 12 rings (SSSR count). The Morgan fingerprint density at radius 3 is 1.53 bits per heavy atom. The van der Waals surface area contributed by atoms with Gasteiger partial charge in [0.1, 0.15) is 0 Å². The van der Waals surface area contributed by atoms with Gasteiger partial charge in [0.2, 0.25) is 0 Å². The Hall–Kier alpha value is -7.23. The van der Waals surface area contributed by atoms with Crippen LogP contribution in [0.3, 0.4) is 0 Å². The summed E-state index contributed by atoms with van der Waals surface area (Å²) >= 11 is 0. The average molecular weight is 698 g/mol. The first-order chi connectivity index (χ1) is 27.3. The largest absolute Gasteiger partial charge is 0.208 e. The maximum Gasteiger partial charge on any atom is 0.165 e. The van der Waals surface area contributed by atoms with Crippen LogP contribution in [0.1, 0.15) is 22.3 Å². The van der Waals surface area contributed by atoms with Crippen LogP contribution in [-0.4, -0.2) is 15.0 Å². The van der Waals surface area contributed by atoms with Crippen molar-refractivity contribution < 1.29 is 0 Å². The normalized spacial score (nSPS) is 13.2. The predicted octanol–water partition coefficient (Wildman–Crippen LogP) is 12.7. The van der Waals surface area contributed by atoms with E-state index in [-0.39, 0.29) is 0 Å². The fourth-order valence-electron chi connectivity index (χ4n) is 9.64. The van der Waals surface area contributed by atoms with Gasteiger partial charge in [-0.2, -0.15) is 0 Å². The minimum absolute atomic E-state index is 0.403. The van der Waals surface area contributed by atoms with E-state index in [2.05, 4.69) is 170 Å². The van der Waals surface area contributed by atoms with Crippen LogP contribution in [0.25, 0.3) is 88.7 Å². The van der Waals surface area contributed by atoms with Crippen molar-refractivity contribution in [2.45, 2.75) is 5.41 Å². The molecule has 0 aliphatic heterocycles. The third-order valence-electron chi connectivity index (χ3n) is 11.9. The van der Waals surface area contributed by atoms with Crippen LogP contribution in [0.5, 0.6) is 0 Å². The Morgan fingerprint density at radius 1 is 0.309 bits per heavy atom. The van der Waals surface area contributed by atoms with Crippen LogP contribution in [-0.2, 0) is 5.41 Å². The molecule has 0 atom stereocenters. The lowest BCUT2D eigenvalue weighted by molar-refractivity contribution is 0.794. The number of nitrogens with zero attached hydrogens (tertiary/aromatic N) is 3. The molecule has 2 aliphatic rings. The molecule has 0 N–H and O–H groups in total. The van der Waals surface area contributed by atoms with Crippen molar-refractivity contribution >= 4 is 32.3 Å². The highest BCUT2D eigenvalue weighted by Crippen LogP contribution is 2.62. The molecule has 2 aliphatic carbocycles. The summed E-state index contributed by atoms with van der Waals surface area (Å²) in [7, 11) is 0. The molecule has 1 aromatic heterocycles. The third kappa shape index (κ3) is 4.18. The standard InChI is InChI=1S/C52H31N3/c1-2-15-33(16-3-1)49-53-50(55-51(54-49)48-38-19-7-5-17-34(38)30-35-27-26-32-14-4-6-18-37(32)47(35)48)36-28-29-46-42(31-36)41-22-10-13-25-45(41)52(46)43-23-11-8-20-39(43)40-21-9-12-24-44(40)52/h1-31H. The first-order valence-electron chi connectivity index (χ1n) is 18.9. The number of rotatable bonds is 3. The quantitative estimate of drug-likeness (QED) is 0.136. The van der Waals surface area contributed by atoms with Crippen LogP contribution in [0.4, 0.5) is 0 Å². The summed E-state index contributed by atoms with van der Waals surface area (Å²) in [5, 5.41) is 6.94. The van der Waals surface area contributed by atoms with E-state index in [1.807, 2.05) is 18.2 Å². The highest BCUT2D eigenvalue weighted by atomic mass is 15.0. The van der Waals surface area contributed by atoms with Gasteiger partial charge >= 0.3 is 0 Å². The van der Waals surface area contributed by atoms with E-state index in [0.717, 1.165) is 38.2 Å². The molecule has 0 radical (unpaired) electrons. The van der Waals surface area contributed by atoms with E-state index < -0.39 is 5.41 Å². The lowest BCUT2D eigenvalue weighted by Gasteiger charge is -2.30. The van der Waals surface area contributed by atoms with Crippen LogP contribution in [0, 0.1) is 0 Å². The van der Waals surface area contributed by atoms with Gasteiger partial charge in [0.05, 0.1) is 5.41 Å². The Morgan fingerprint density at radius 2 is 0.818 bits per heavy atom. The number of fused-ring (bicyclic) bond motifs is 14. The topological polar surface area (TPSA) is 38.7 Å². The Kier molecular flexibility index (Phi) is 6.26. The lowest BCUT2D eigenvalue weighted by Crippen LogP contribution is -2.25. The van der Waals surface area contributed by atoms with Crippen LogP contribution in [0.15, 0.2) is 188 Å². The summed E-state index contributed by atoms with van der Waals surface area (Å²) in [4.78, 5) is 16.0. The summed E-state index contributed by atoms with van der Waals surface area (Å²) in [5.41, 5.74) is 12.9. The Labute approximate surface area is 318 Å². The zero-order valence-corrected chi connectivity index (χ0v) is 29.7. The zero-order valence-electron chi connectivity index (χ0n) is 29.7. The van der Waals surface area contributed by atoms with Crippen molar-refractivity contribution in [1.29, 1.82) is 0 Å². The number of benzene rings is 9. The summed E-state index contributed by atoms with van der Waals surface area (Å²) in [6, 6.07) is 67.8. The SMILES string of the molecule is c1ccc(-c2nc(-c3ccc4c(c3)-c3ccccc3C43c4ccccc4-c4ccccc43)nc(-c3c4ccccc4cc4ccc5ccccc5c34)n2)cc1. The van der Waals surface area contributed by atoms with Crippen molar-refractivity contribution in [3.8, 4) is 56.4 Å². The summed E-state index contributed by atoms with van der Waals surface area (Å²) in [5.74, 6) is 1.97. The smallest absolute Gasteiger partial charge is 0.165 e. The molecule has 254 valence electrons. The minimum atomic E-state index is -0.403. The highest BCUT2D eigenvalue weighted by molar-refractivity contribution is 6.21. The van der Waals surface area contributed by atoms with Gasteiger partial charge in [-0.3, -0.25) is 0 Å². The molecule has 0 bridgehead atoms. The summed E-state index contributed by atoms with van der Waals surface area (Å²) in [6.07, 6.45) is 0. The number of aromatic nitrogens is 3. The molecule has 0 saturated heterocycles. The van der Waals surface area contributed by atoms with E-state index in [1.54, 1.807) is 0 Å². The van der Waals surface area contributed by atoms with Crippen molar-refractivity contribution in [3.63, 3.8) is 0 Å². The first-order valence-corrected chi connectivity index (χ1v) is 18.9. The molecule has 0 amide bonds. The Bertz CT molecular complexity index is 3170. The maximum atomic E-state index is 5.43. The molecule has 1 heterocycles. The van der Waals surface area contributed by atoms with Crippen molar-refractivity contribution in [2.75, 3.05) is 0 Å². The third-order valence-corrected chi connectivity index (χ3v) is 11.9. The molecular weight excluding hydrogens is 667 g/mol. The Balaban J connectivity index is 1.15. The van der Waals surface area contributed by atoms with Gasteiger partial charge in [-0.15, -0.1) is 0 Å². The summed E-state index contributed by atoms with van der Waals surface area (Å²) in [6.45, 7) is 0. The molecule has 3 heteroatoms. The van der Waals surface area contributed by atoms with Gasteiger partial charge in [0.15, 0.2) is 17.5 Å². The number of hydrogen-bond acceptors (Lipinski definition) is 3. The summed E-state index contributed by atoms with van der Waals surface area (Å²) < 4.78 is 0. The lowest BCUT2D eigenvalue weighted by atomic mass is 9.70. The van der Waals surface area contributed by atoms with Crippen LogP contribution < -0.4 is 0 Å². The van der Waals surface area contributed by atoms with E-state index >= 15 is 0 Å². The van der Waals surface area contributed by atoms with Crippen molar-refractivity contribution in [1.82, 2.24) is 15.0 Å². The molecule has 3 nitrogen and oxygen atoms in total. The second kappa shape index (κ2) is 11.4. The van der Waals surface area contributed by atoms with E-state index in [9.17, 15) is 0 Å². The van der Waals surface area contributed by atoms with E-state index in [0.29, 0.717) is 17.5 Å². The molecule has 9 aromatic carbocycles. The highest BCUT2D eigenvalue weighted by Gasteiger charge is 2.51. The molecule has 0 saturated carbocycles. The van der Waals surface area contributed by atoms with Gasteiger partial charge in [-0.1, -0.05) is 176 Å². The molecule has 0 unspecified atom stereocenters.